The molecule has 4 heteroatoms. The van der Waals surface area contributed by atoms with Gasteiger partial charge in [0.05, 0.1) is 0 Å². The molecule has 2 aromatic carbocycles. The molecule has 2 N–H and O–H groups in total. The molecule has 1 saturated heterocycles. The lowest BCUT2D eigenvalue weighted by atomic mass is 9.89. The largest absolute Gasteiger partial charge is 0.490 e. The normalized spacial score (nSPS) is 20.0. The van der Waals surface area contributed by atoms with Crippen LogP contribution in [-0.2, 0) is 6.54 Å². The second-order valence-electron chi connectivity index (χ2n) is 6.45. The van der Waals surface area contributed by atoms with Crippen LogP contribution in [0.3, 0.4) is 0 Å². The Morgan fingerprint density at radius 3 is 2.64 bits per heavy atom. The molecule has 134 valence electrons. The molecule has 1 aliphatic heterocycles. The average molecular weight is 359 g/mol. The molecule has 0 unspecified atom stereocenters. The summed E-state index contributed by atoms with van der Waals surface area (Å²) in [5.74, 6) is 1.95. The van der Waals surface area contributed by atoms with Crippen molar-refractivity contribution in [2.45, 2.75) is 12.5 Å². The third-order valence-electron chi connectivity index (χ3n) is 4.72. The van der Waals surface area contributed by atoms with Gasteiger partial charge in [-0.15, -0.1) is 12.4 Å². The summed E-state index contributed by atoms with van der Waals surface area (Å²) in [6, 6.07) is 19.1. The Labute approximate surface area is 156 Å². The fourth-order valence-electron chi connectivity index (χ4n) is 3.55. The average Bonchev–Trinajstić information content (AvgIpc) is 3.04. The van der Waals surface area contributed by atoms with Crippen LogP contribution in [-0.4, -0.2) is 31.1 Å². The van der Waals surface area contributed by atoms with Crippen molar-refractivity contribution >= 4 is 12.4 Å². The quantitative estimate of drug-likeness (QED) is 0.764. The van der Waals surface area contributed by atoms with Crippen molar-refractivity contribution in [3.63, 3.8) is 0 Å². The SMILES string of the molecule is C=CCOc1cccc(CN2C[C@@H](CN)[C@H](c3ccccc3)C2)c1.Cl. The van der Waals surface area contributed by atoms with Crippen LogP contribution in [0, 0.1) is 5.92 Å². The maximum atomic E-state index is 6.04. The number of hydrogen-bond acceptors (Lipinski definition) is 3. The molecule has 1 heterocycles. The van der Waals surface area contributed by atoms with Crippen LogP contribution in [0.5, 0.6) is 5.75 Å². The third-order valence-corrected chi connectivity index (χ3v) is 4.72. The fraction of sp³-hybridized carbons (Fsp3) is 0.333. The first-order chi connectivity index (χ1) is 11.8. The highest BCUT2D eigenvalue weighted by atomic mass is 35.5. The first kappa shape index (κ1) is 19.5. The smallest absolute Gasteiger partial charge is 0.120 e. The highest BCUT2D eigenvalue weighted by Crippen LogP contribution is 2.33. The van der Waals surface area contributed by atoms with E-state index in [2.05, 4.69) is 60.0 Å². The van der Waals surface area contributed by atoms with E-state index in [-0.39, 0.29) is 12.4 Å². The molecule has 0 radical (unpaired) electrons. The fourth-order valence-corrected chi connectivity index (χ4v) is 3.55. The standard InChI is InChI=1S/C21H26N2O.ClH/c1-2-11-24-20-10-6-7-17(12-20)14-23-15-19(13-22)21(16-23)18-8-4-3-5-9-18;/h2-10,12,19,21H,1,11,13-16,22H2;1H/t19-,21+;/m1./s1. The van der Waals surface area contributed by atoms with Crippen LogP contribution in [0.2, 0.25) is 0 Å². The van der Waals surface area contributed by atoms with Gasteiger partial charge in [0.15, 0.2) is 0 Å². The van der Waals surface area contributed by atoms with Crippen LogP contribution >= 0.6 is 12.4 Å². The monoisotopic (exact) mass is 358 g/mol. The molecule has 25 heavy (non-hydrogen) atoms. The highest BCUT2D eigenvalue weighted by Gasteiger charge is 2.32. The Bertz CT molecular complexity index is 662. The van der Waals surface area contributed by atoms with Crippen molar-refractivity contribution in [1.29, 1.82) is 0 Å². The van der Waals surface area contributed by atoms with E-state index in [4.69, 9.17) is 10.5 Å². The summed E-state index contributed by atoms with van der Waals surface area (Å²) in [5.41, 5.74) is 8.72. The van der Waals surface area contributed by atoms with E-state index < -0.39 is 0 Å². The number of likely N-dealkylation sites (tertiary alicyclic amines) is 1. The number of halogens is 1. The van der Waals surface area contributed by atoms with Gasteiger partial charge in [-0.1, -0.05) is 55.1 Å². The number of rotatable bonds is 7. The number of nitrogens with zero attached hydrogens (tertiary/aromatic N) is 1. The minimum Gasteiger partial charge on any atom is -0.490 e. The minimum absolute atomic E-state index is 0. The molecule has 0 spiro atoms. The number of benzene rings is 2. The van der Waals surface area contributed by atoms with Gasteiger partial charge in [0, 0.05) is 25.6 Å². The second-order valence-corrected chi connectivity index (χ2v) is 6.45. The van der Waals surface area contributed by atoms with Gasteiger partial charge in [0.25, 0.3) is 0 Å². The molecular formula is C21H27ClN2O. The molecule has 1 fully saturated rings. The first-order valence-electron chi connectivity index (χ1n) is 8.60. The molecule has 0 aliphatic carbocycles. The highest BCUT2D eigenvalue weighted by molar-refractivity contribution is 5.85. The van der Waals surface area contributed by atoms with E-state index in [0.717, 1.165) is 31.9 Å². The Balaban J connectivity index is 0.00000225. The van der Waals surface area contributed by atoms with Gasteiger partial charge in [0.2, 0.25) is 0 Å². The topological polar surface area (TPSA) is 38.5 Å². The minimum atomic E-state index is 0. The summed E-state index contributed by atoms with van der Waals surface area (Å²) in [4.78, 5) is 2.50. The molecular weight excluding hydrogens is 332 g/mol. The number of hydrogen-bond donors (Lipinski definition) is 1. The van der Waals surface area contributed by atoms with Crippen LogP contribution in [0.25, 0.3) is 0 Å². The van der Waals surface area contributed by atoms with E-state index in [0.29, 0.717) is 18.4 Å². The summed E-state index contributed by atoms with van der Waals surface area (Å²) in [6.45, 7) is 8.01. The second kappa shape index (κ2) is 9.62. The van der Waals surface area contributed by atoms with Crippen molar-refractivity contribution in [1.82, 2.24) is 4.90 Å². The molecule has 0 saturated carbocycles. The maximum absolute atomic E-state index is 6.04. The van der Waals surface area contributed by atoms with E-state index in [1.54, 1.807) is 6.08 Å². The Hall–Kier alpha value is -1.81. The lowest BCUT2D eigenvalue weighted by Gasteiger charge is -2.17. The van der Waals surface area contributed by atoms with Crippen LogP contribution < -0.4 is 10.5 Å². The number of nitrogens with two attached hydrogens (primary N) is 1. The predicted molar refractivity (Wildman–Crippen MR) is 106 cm³/mol. The first-order valence-corrected chi connectivity index (χ1v) is 8.60. The van der Waals surface area contributed by atoms with Gasteiger partial charge in [-0.05, 0) is 35.7 Å². The number of ether oxygens (including phenoxy) is 1. The Kier molecular flexibility index (Phi) is 7.51. The van der Waals surface area contributed by atoms with Gasteiger partial charge < -0.3 is 10.5 Å². The van der Waals surface area contributed by atoms with Gasteiger partial charge in [-0.25, -0.2) is 0 Å². The molecule has 0 amide bonds. The summed E-state index contributed by atoms with van der Waals surface area (Å²) in [7, 11) is 0. The van der Waals surface area contributed by atoms with Crippen molar-refractivity contribution in [2.24, 2.45) is 11.7 Å². The maximum Gasteiger partial charge on any atom is 0.120 e. The van der Waals surface area contributed by atoms with E-state index >= 15 is 0 Å². The van der Waals surface area contributed by atoms with Crippen molar-refractivity contribution < 1.29 is 4.74 Å². The van der Waals surface area contributed by atoms with Gasteiger partial charge in [0.1, 0.15) is 12.4 Å². The Morgan fingerprint density at radius 1 is 1.12 bits per heavy atom. The van der Waals surface area contributed by atoms with E-state index in [9.17, 15) is 0 Å². The molecule has 1 aliphatic rings. The van der Waals surface area contributed by atoms with Crippen molar-refractivity contribution in [3.05, 3.63) is 78.4 Å². The zero-order chi connectivity index (χ0) is 16.8. The van der Waals surface area contributed by atoms with Gasteiger partial charge in [-0.3, -0.25) is 4.90 Å². The summed E-state index contributed by atoms with van der Waals surface area (Å²) in [5, 5.41) is 0. The zero-order valence-corrected chi connectivity index (χ0v) is 15.3. The summed E-state index contributed by atoms with van der Waals surface area (Å²) < 4.78 is 5.64. The molecule has 2 aromatic rings. The van der Waals surface area contributed by atoms with Crippen LogP contribution in [0.15, 0.2) is 67.3 Å². The molecule has 3 nitrogen and oxygen atoms in total. The van der Waals surface area contributed by atoms with Crippen molar-refractivity contribution in [3.8, 4) is 5.75 Å². The van der Waals surface area contributed by atoms with Crippen LogP contribution in [0.4, 0.5) is 0 Å². The van der Waals surface area contributed by atoms with E-state index in [1.165, 1.54) is 11.1 Å². The summed E-state index contributed by atoms with van der Waals surface area (Å²) in [6.07, 6.45) is 1.77. The van der Waals surface area contributed by atoms with Crippen molar-refractivity contribution in [2.75, 3.05) is 26.2 Å². The third kappa shape index (κ3) is 5.08. The van der Waals surface area contributed by atoms with Gasteiger partial charge >= 0.3 is 0 Å². The molecule has 3 rings (SSSR count). The predicted octanol–water partition coefficient (Wildman–Crippen LogP) is 3.85. The Morgan fingerprint density at radius 2 is 1.92 bits per heavy atom. The zero-order valence-electron chi connectivity index (χ0n) is 14.5. The molecule has 0 aromatic heterocycles. The summed E-state index contributed by atoms with van der Waals surface area (Å²) >= 11 is 0. The molecule has 0 bridgehead atoms. The van der Waals surface area contributed by atoms with Crippen LogP contribution in [0.1, 0.15) is 17.0 Å². The molecule has 2 atom stereocenters. The lowest BCUT2D eigenvalue weighted by Crippen LogP contribution is -2.23. The van der Waals surface area contributed by atoms with E-state index in [1.807, 2.05) is 6.07 Å². The van der Waals surface area contributed by atoms with Gasteiger partial charge in [-0.2, -0.15) is 0 Å². The lowest BCUT2D eigenvalue weighted by molar-refractivity contribution is 0.315.